The molecule has 1 saturated carbocycles. The van der Waals surface area contributed by atoms with Gasteiger partial charge >= 0.3 is 0 Å². The molecule has 1 aliphatic rings. The summed E-state index contributed by atoms with van der Waals surface area (Å²) in [7, 11) is 0. The fourth-order valence-electron chi connectivity index (χ4n) is 2.47. The number of pyridine rings is 1. The molecule has 1 N–H and O–H groups in total. The van der Waals surface area contributed by atoms with Gasteiger partial charge in [0.15, 0.2) is 11.6 Å². The van der Waals surface area contributed by atoms with Gasteiger partial charge in [0, 0.05) is 17.2 Å². The first-order chi connectivity index (χ1) is 8.16. The van der Waals surface area contributed by atoms with Gasteiger partial charge in [-0.05, 0) is 40.3 Å². The lowest BCUT2D eigenvalue weighted by Gasteiger charge is -2.28. The van der Waals surface area contributed by atoms with Crippen LogP contribution >= 0.6 is 15.9 Å². The fraction of sp³-hybridized carbons (Fsp3) is 0.615. The maximum atomic E-state index is 13.5. The molecule has 0 aromatic carbocycles. The van der Waals surface area contributed by atoms with Crippen molar-refractivity contribution < 1.29 is 4.39 Å². The van der Waals surface area contributed by atoms with Crippen LogP contribution in [0.15, 0.2) is 16.7 Å². The van der Waals surface area contributed by atoms with Gasteiger partial charge in [0.1, 0.15) is 0 Å². The Kier molecular flexibility index (Phi) is 4.37. The minimum atomic E-state index is -0.289. The molecule has 0 radical (unpaired) electrons. The van der Waals surface area contributed by atoms with Crippen LogP contribution in [0.2, 0.25) is 0 Å². The van der Waals surface area contributed by atoms with E-state index in [4.69, 9.17) is 0 Å². The maximum Gasteiger partial charge on any atom is 0.166 e. The lowest BCUT2D eigenvalue weighted by molar-refractivity contribution is 0.268. The molecule has 1 fully saturated rings. The smallest absolute Gasteiger partial charge is 0.166 e. The van der Waals surface area contributed by atoms with Crippen molar-refractivity contribution in [2.24, 2.45) is 11.8 Å². The predicted octanol–water partition coefficient (Wildman–Crippen LogP) is 4.22. The van der Waals surface area contributed by atoms with Gasteiger partial charge in [-0.3, -0.25) is 0 Å². The minimum Gasteiger partial charge on any atom is -0.367 e. The molecule has 94 valence electrons. The summed E-state index contributed by atoms with van der Waals surface area (Å²) < 4.78 is 14.2. The first-order valence-corrected chi connectivity index (χ1v) is 7.01. The molecule has 0 aliphatic heterocycles. The predicted molar refractivity (Wildman–Crippen MR) is 71.5 cm³/mol. The fourth-order valence-corrected chi connectivity index (χ4v) is 2.77. The van der Waals surface area contributed by atoms with Crippen LogP contribution in [0.5, 0.6) is 0 Å². The second-order valence-electron chi connectivity index (χ2n) is 4.89. The van der Waals surface area contributed by atoms with Gasteiger partial charge in [-0.2, -0.15) is 0 Å². The van der Waals surface area contributed by atoms with Crippen LogP contribution in [-0.2, 0) is 0 Å². The standard InChI is InChI=1S/C13H18BrFN2/c1-9-4-2-3-5-10(9)7-16-13-12(15)6-11(14)8-17-13/h6,8-10H,2-5,7H2,1H3,(H,16,17). The van der Waals surface area contributed by atoms with Crippen molar-refractivity contribution >= 4 is 21.7 Å². The van der Waals surface area contributed by atoms with E-state index in [1.807, 2.05) is 0 Å². The maximum absolute atomic E-state index is 13.5. The van der Waals surface area contributed by atoms with Crippen molar-refractivity contribution in [2.75, 3.05) is 11.9 Å². The Bertz CT molecular complexity index is 384. The molecule has 0 saturated heterocycles. The average molecular weight is 301 g/mol. The summed E-state index contributed by atoms with van der Waals surface area (Å²) in [6.45, 7) is 3.11. The Morgan fingerprint density at radius 2 is 2.24 bits per heavy atom. The molecule has 1 aromatic rings. The summed E-state index contributed by atoms with van der Waals surface area (Å²) in [6.07, 6.45) is 6.79. The van der Waals surface area contributed by atoms with E-state index in [9.17, 15) is 4.39 Å². The molecule has 0 amide bonds. The van der Waals surface area contributed by atoms with E-state index in [2.05, 4.69) is 33.2 Å². The van der Waals surface area contributed by atoms with E-state index in [0.29, 0.717) is 16.2 Å². The summed E-state index contributed by atoms with van der Waals surface area (Å²) in [4.78, 5) is 4.05. The highest BCUT2D eigenvalue weighted by atomic mass is 79.9. The van der Waals surface area contributed by atoms with Crippen molar-refractivity contribution in [2.45, 2.75) is 32.6 Å². The van der Waals surface area contributed by atoms with Gasteiger partial charge in [0.05, 0.1) is 0 Å². The number of rotatable bonds is 3. The molecule has 1 aliphatic carbocycles. The third kappa shape index (κ3) is 3.41. The van der Waals surface area contributed by atoms with Crippen LogP contribution in [0.3, 0.4) is 0 Å². The van der Waals surface area contributed by atoms with Crippen LogP contribution in [0, 0.1) is 17.7 Å². The number of nitrogens with one attached hydrogen (secondary N) is 1. The molecule has 4 heteroatoms. The Labute approximate surface area is 110 Å². The highest BCUT2D eigenvalue weighted by Crippen LogP contribution is 2.29. The first-order valence-electron chi connectivity index (χ1n) is 6.21. The SMILES string of the molecule is CC1CCCCC1CNc1ncc(Br)cc1F. The number of hydrogen-bond acceptors (Lipinski definition) is 2. The van der Waals surface area contributed by atoms with E-state index < -0.39 is 0 Å². The summed E-state index contributed by atoms with van der Waals surface area (Å²) in [6, 6.07) is 1.44. The second-order valence-corrected chi connectivity index (χ2v) is 5.80. The molecular formula is C13H18BrFN2. The Hall–Kier alpha value is -0.640. The molecular weight excluding hydrogens is 283 g/mol. The van der Waals surface area contributed by atoms with E-state index in [1.54, 1.807) is 6.20 Å². The third-order valence-electron chi connectivity index (χ3n) is 3.63. The van der Waals surface area contributed by atoms with Gasteiger partial charge in [-0.15, -0.1) is 0 Å². The molecule has 0 spiro atoms. The van der Waals surface area contributed by atoms with Crippen molar-refractivity contribution in [1.29, 1.82) is 0 Å². The molecule has 17 heavy (non-hydrogen) atoms. The zero-order valence-electron chi connectivity index (χ0n) is 10.0. The highest BCUT2D eigenvalue weighted by Gasteiger charge is 2.21. The van der Waals surface area contributed by atoms with E-state index in [-0.39, 0.29) is 5.82 Å². The Morgan fingerprint density at radius 1 is 1.47 bits per heavy atom. The summed E-state index contributed by atoms with van der Waals surface area (Å²) in [5.41, 5.74) is 0. The Morgan fingerprint density at radius 3 is 2.94 bits per heavy atom. The molecule has 2 atom stereocenters. The van der Waals surface area contributed by atoms with Gasteiger partial charge < -0.3 is 5.32 Å². The third-order valence-corrected chi connectivity index (χ3v) is 4.06. The van der Waals surface area contributed by atoms with Crippen molar-refractivity contribution in [3.05, 3.63) is 22.6 Å². The zero-order valence-corrected chi connectivity index (χ0v) is 11.6. The number of nitrogens with zero attached hydrogens (tertiary/aromatic N) is 1. The average Bonchev–Trinajstić information content (AvgIpc) is 2.30. The first kappa shape index (κ1) is 12.8. The second kappa shape index (κ2) is 5.80. The summed E-state index contributed by atoms with van der Waals surface area (Å²) >= 11 is 3.20. The summed E-state index contributed by atoms with van der Waals surface area (Å²) in [5, 5.41) is 3.13. The molecule has 0 bridgehead atoms. The van der Waals surface area contributed by atoms with Crippen molar-refractivity contribution in [3.63, 3.8) is 0 Å². The molecule has 2 unspecified atom stereocenters. The minimum absolute atomic E-state index is 0.289. The van der Waals surface area contributed by atoms with Gasteiger partial charge in [-0.1, -0.05) is 26.2 Å². The van der Waals surface area contributed by atoms with Crippen LogP contribution < -0.4 is 5.32 Å². The molecule has 1 aromatic heterocycles. The topological polar surface area (TPSA) is 24.9 Å². The number of halogens is 2. The molecule has 2 rings (SSSR count). The van der Waals surface area contributed by atoms with Gasteiger partial charge in [0.2, 0.25) is 0 Å². The van der Waals surface area contributed by atoms with E-state index in [1.165, 1.54) is 31.7 Å². The van der Waals surface area contributed by atoms with Crippen molar-refractivity contribution in [3.8, 4) is 0 Å². The lowest BCUT2D eigenvalue weighted by Crippen LogP contribution is -2.24. The number of aromatic nitrogens is 1. The van der Waals surface area contributed by atoms with Crippen LogP contribution in [-0.4, -0.2) is 11.5 Å². The lowest BCUT2D eigenvalue weighted by atomic mass is 9.80. The molecule has 2 nitrogen and oxygen atoms in total. The van der Waals surface area contributed by atoms with Crippen LogP contribution in [0.4, 0.5) is 10.2 Å². The normalized spacial score (nSPS) is 24.6. The summed E-state index contributed by atoms with van der Waals surface area (Å²) in [5.74, 6) is 1.46. The largest absolute Gasteiger partial charge is 0.367 e. The number of anilines is 1. The molecule has 1 heterocycles. The highest BCUT2D eigenvalue weighted by molar-refractivity contribution is 9.10. The quantitative estimate of drug-likeness (QED) is 0.904. The number of hydrogen-bond donors (Lipinski definition) is 1. The zero-order chi connectivity index (χ0) is 12.3. The van der Waals surface area contributed by atoms with Crippen molar-refractivity contribution in [1.82, 2.24) is 4.98 Å². The Balaban J connectivity index is 1.92. The van der Waals surface area contributed by atoms with Gasteiger partial charge in [0.25, 0.3) is 0 Å². The van der Waals surface area contributed by atoms with Crippen LogP contribution in [0.25, 0.3) is 0 Å². The van der Waals surface area contributed by atoms with Gasteiger partial charge in [-0.25, -0.2) is 9.37 Å². The van der Waals surface area contributed by atoms with E-state index in [0.717, 1.165) is 12.5 Å². The van der Waals surface area contributed by atoms with Crippen LogP contribution in [0.1, 0.15) is 32.6 Å². The monoisotopic (exact) mass is 300 g/mol. The van der Waals surface area contributed by atoms with E-state index >= 15 is 0 Å².